The number of pyridine rings is 3. The number of hydrogen-bond donors (Lipinski definition) is 2. The van der Waals surface area contributed by atoms with Crippen LogP contribution >= 0.6 is 0 Å². The van der Waals surface area contributed by atoms with Gasteiger partial charge >= 0.3 is 5.89 Å². The molecule has 0 radical (unpaired) electrons. The summed E-state index contributed by atoms with van der Waals surface area (Å²) in [5, 5.41) is 18.2. The molecule has 1 amide bonds. The van der Waals surface area contributed by atoms with Crippen LogP contribution in [0.25, 0.3) is 22.6 Å². The molecule has 0 atom stereocenters. The number of hydrogen-bond acceptors (Lipinski definition) is 11. The van der Waals surface area contributed by atoms with Gasteiger partial charge in [-0.3, -0.25) is 19.7 Å². The molecule has 5 heterocycles. The number of halogens is 1. The summed E-state index contributed by atoms with van der Waals surface area (Å²) >= 11 is 0. The van der Waals surface area contributed by atoms with Crippen molar-refractivity contribution in [2.24, 2.45) is 0 Å². The minimum absolute atomic E-state index is 0.0906. The summed E-state index contributed by atoms with van der Waals surface area (Å²) in [6.07, 6.45) is 4.31. The van der Waals surface area contributed by atoms with Crippen LogP contribution in [0.5, 0.6) is 0 Å². The van der Waals surface area contributed by atoms with Gasteiger partial charge in [-0.2, -0.15) is 10.2 Å². The van der Waals surface area contributed by atoms with Crippen molar-refractivity contribution in [2.45, 2.75) is 27.3 Å². The minimum atomic E-state index is -0.433. The maximum Gasteiger partial charge on any atom is 0.330 e. The third-order valence-electron chi connectivity index (χ3n) is 5.77. The predicted molar refractivity (Wildman–Crippen MR) is 140 cm³/mol. The number of nitrogens with zero attached hydrogens (tertiary/aromatic N) is 8. The Morgan fingerprint density at radius 3 is 2.60 bits per heavy atom. The highest BCUT2D eigenvalue weighted by Crippen LogP contribution is 2.22. The van der Waals surface area contributed by atoms with Crippen LogP contribution in [-0.4, -0.2) is 41.0 Å². The highest BCUT2D eigenvalue weighted by molar-refractivity contribution is 5.94. The van der Waals surface area contributed by atoms with Crippen molar-refractivity contribution < 1.29 is 13.7 Å². The summed E-state index contributed by atoms with van der Waals surface area (Å²) < 4.78 is 18.4. The summed E-state index contributed by atoms with van der Waals surface area (Å²) in [6, 6.07) is 10.2. The molecule has 0 aliphatic heterocycles. The molecular formula is C27H21FN10O2. The molecule has 12 nitrogen and oxygen atoms in total. The van der Waals surface area contributed by atoms with Gasteiger partial charge in [-0.15, -0.1) is 0 Å². The van der Waals surface area contributed by atoms with Crippen LogP contribution in [0.15, 0.2) is 53.4 Å². The van der Waals surface area contributed by atoms with Gasteiger partial charge in [0.1, 0.15) is 17.3 Å². The first-order chi connectivity index (χ1) is 19.3. The predicted octanol–water partition coefficient (Wildman–Crippen LogP) is 3.99. The fourth-order valence-corrected chi connectivity index (χ4v) is 3.85. The number of amides is 1. The molecule has 0 saturated carbocycles. The molecule has 5 aromatic rings. The molecule has 0 aliphatic carbocycles. The zero-order valence-electron chi connectivity index (χ0n) is 21.6. The SMILES string of the molecule is Cc1cc(Nc2noc(C#N)n2)nc(-c2cnc(C(=O)NCc3ccc(-c4cc(F)cnc4C)nc3)c(C)c2)n1. The second kappa shape index (κ2) is 11.0. The lowest BCUT2D eigenvalue weighted by Crippen LogP contribution is -2.24. The van der Waals surface area contributed by atoms with Gasteiger partial charge in [-0.1, -0.05) is 6.07 Å². The van der Waals surface area contributed by atoms with Crippen molar-refractivity contribution in [1.82, 2.24) is 40.4 Å². The number of nitriles is 1. The van der Waals surface area contributed by atoms with Gasteiger partial charge in [0.2, 0.25) is 0 Å². The third-order valence-corrected chi connectivity index (χ3v) is 5.77. The van der Waals surface area contributed by atoms with E-state index in [2.05, 4.69) is 45.7 Å². The molecule has 0 bridgehead atoms. The summed E-state index contributed by atoms with van der Waals surface area (Å²) in [4.78, 5) is 38.4. The molecule has 0 unspecified atom stereocenters. The summed E-state index contributed by atoms with van der Waals surface area (Å²) in [7, 11) is 0. The zero-order valence-corrected chi connectivity index (χ0v) is 21.6. The van der Waals surface area contributed by atoms with E-state index >= 15 is 0 Å². The standard InChI is InChI=1S/C27H21FN10O2/c1-14-6-18(25-34-15(2)7-22(35-25)36-27-37-23(9-29)40-38-27)12-32-24(14)26(39)33-11-17-4-5-21(31-10-17)20-8-19(28)13-30-16(20)3/h4-8,10,12-13H,11H2,1-3H3,(H,33,39)(H,34,35,36,38). The van der Waals surface area contributed by atoms with Crippen LogP contribution in [0.1, 0.15) is 38.9 Å². The fraction of sp³-hybridized carbons (Fsp3) is 0.148. The van der Waals surface area contributed by atoms with E-state index in [1.165, 1.54) is 18.5 Å². The van der Waals surface area contributed by atoms with Crippen molar-refractivity contribution >= 4 is 17.7 Å². The first-order valence-electron chi connectivity index (χ1n) is 12.0. The maximum absolute atomic E-state index is 13.6. The van der Waals surface area contributed by atoms with E-state index in [0.717, 1.165) is 5.56 Å². The Hall–Kier alpha value is -5.64. The molecule has 5 rings (SSSR count). The lowest BCUT2D eigenvalue weighted by molar-refractivity contribution is 0.0945. The maximum atomic E-state index is 13.6. The molecule has 5 aromatic heterocycles. The Balaban J connectivity index is 1.27. The molecule has 0 aliphatic rings. The molecule has 0 fully saturated rings. The van der Waals surface area contributed by atoms with Crippen LogP contribution in [0, 0.1) is 37.9 Å². The Morgan fingerprint density at radius 2 is 1.88 bits per heavy atom. The molecule has 0 saturated heterocycles. The number of carbonyl (C=O) groups excluding carboxylic acids is 1. The van der Waals surface area contributed by atoms with Crippen molar-refractivity contribution in [3.8, 4) is 28.7 Å². The smallest absolute Gasteiger partial charge is 0.330 e. The van der Waals surface area contributed by atoms with E-state index in [-0.39, 0.29) is 30.0 Å². The Labute approximate surface area is 227 Å². The van der Waals surface area contributed by atoms with E-state index in [9.17, 15) is 9.18 Å². The molecule has 2 N–H and O–H groups in total. The topological polar surface area (TPSA) is 168 Å². The Kier molecular flexibility index (Phi) is 7.14. The first kappa shape index (κ1) is 26.0. The summed E-state index contributed by atoms with van der Waals surface area (Å²) in [6.45, 7) is 5.59. The molecule has 198 valence electrons. The minimum Gasteiger partial charge on any atom is -0.347 e. The molecule has 0 aromatic carbocycles. The lowest BCUT2D eigenvalue weighted by atomic mass is 10.1. The average Bonchev–Trinajstić information content (AvgIpc) is 3.40. The van der Waals surface area contributed by atoms with Crippen LogP contribution < -0.4 is 10.6 Å². The highest BCUT2D eigenvalue weighted by atomic mass is 19.1. The van der Waals surface area contributed by atoms with E-state index < -0.39 is 5.82 Å². The molecule has 0 spiro atoms. The van der Waals surface area contributed by atoms with E-state index in [1.807, 2.05) is 6.07 Å². The van der Waals surface area contributed by atoms with E-state index in [0.29, 0.717) is 45.4 Å². The number of aromatic nitrogens is 7. The van der Waals surface area contributed by atoms with Crippen molar-refractivity contribution in [1.29, 1.82) is 5.26 Å². The highest BCUT2D eigenvalue weighted by Gasteiger charge is 2.15. The van der Waals surface area contributed by atoms with E-state index in [4.69, 9.17) is 9.78 Å². The largest absolute Gasteiger partial charge is 0.347 e. The molecular weight excluding hydrogens is 515 g/mol. The number of nitrogens with one attached hydrogen (secondary N) is 2. The second-order valence-electron chi connectivity index (χ2n) is 8.79. The van der Waals surface area contributed by atoms with Gasteiger partial charge in [0.25, 0.3) is 11.9 Å². The Bertz CT molecular complexity index is 1760. The van der Waals surface area contributed by atoms with Gasteiger partial charge in [-0.25, -0.2) is 14.4 Å². The Morgan fingerprint density at radius 1 is 1.02 bits per heavy atom. The van der Waals surface area contributed by atoms with Crippen LogP contribution in [-0.2, 0) is 6.54 Å². The number of anilines is 2. The van der Waals surface area contributed by atoms with Gasteiger partial charge in [0, 0.05) is 47.5 Å². The van der Waals surface area contributed by atoms with Crippen molar-refractivity contribution in [3.05, 3.63) is 88.8 Å². The fourth-order valence-electron chi connectivity index (χ4n) is 3.85. The van der Waals surface area contributed by atoms with Gasteiger partial charge in [0.05, 0.1) is 11.9 Å². The van der Waals surface area contributed by atoms with Crippen molar-refractivity contribution in [3.63, 3.8) is 0 Å². The van der Waals surface area contributed by atoms with Crippen LogP contribution in [0.3, 0.4) is 0 Å². The summed E-state index contributed by atoms with van der Waals surface area (Å²) in [5.74, 6) is -0.0895. The number of carbonyl (C=O) groups is 1. The third kappa shape index (κ3) is 5.76. The van der Waals surface area contributed by atoms with Crippen LogP contribution in [0.2, 0.25) is 0 Å². The van der Waals surface area contributed by atoms with Crippen molar-refractivity contribution in [2.75, 3.05) is 5.32 Å². The lowest BCUT2D eigenvalue weighted by Gasteiger charge is -2.10. The van der Waals surface area contributed by atoms with Gasteiger partial charge < -0.3 is 15.2 Å². The van der Waals surface area contributed by atoms with E-state index in [1.54, 1.807) is 51.2 Å². The second-order valence-corrected chi connectivity index (χ2v) is 8.79. The van der Waals surface area contributed by atoms with Crippen LogP contribution in [0.4, 0.5) is 16.2 Å². The molecule has 13 heteroatoms. The first-order valence-corrected chi connectivity index (χ1v) is 12.0. The van der Waals surface area contributed by atoms with Gasteiger partial charge in [0.15, 0.2) is 11.9 Å². The quantitative estimate of drug-likeness (QED) is 0.308. The summed E-state index contributed by atoms with van der Waals surface area (Å²) in [5.41, 5.74) is 4.81. The number of rotatable bonds is 7. The monoisotopic (exact) mass is 536 g/mol. The zero-order chi connectivity index (χ0) is 28.2. The average molecular weight is 537 g/mol. The number of aryl methyl sites for hydroxylation is 3. The van der Waals surface area contributed by atoms with Gasteiger partial charge in [-0.05, 0) is 55.3 Å². The molecule has 40 heavy (non-hydrogen) atoms. The normalized spacial score (nSPS) is 10.7.